The Bertz CT molecular complexity index is 4030. The van der Waals surface area contributed by atoms with Crippen molar-refractivity contribution in [1.29, 1.82) is 0 Å². The average Bonchev–Trinajstić information content (AvgIpc) is 2.00. The van der Waals surface area contributed by atoms with E-state index in [1.165, 1.54) is 74.0 Å². The molecule has 0 bridgehead atoms. The number of rotatable bonds is 1. The van der Waals surface area contributed by atoms with Crippen molar-refractivity contribution in [3.63, 3.8) is 0 Å². The number of hydrogen-bond donors (Lipinski definition) is 8. The molecule has 0 aliphatic carbocycles. The molecule has 4 heterocycles. The summed E-state index contributed by atoms with van der Waals surface area (Å²) in [6.07, 6.45) is 4.78. The van der Waals surface area contributed by atoms with Gasteiger partial charge in [0.2, 0.25) is 0 Å². The van der Waals surface area contributed by atoms with Gasteiger partial charge in [0.05, 0.1) is 57.8 Å². The van der Waals surface area contributed by atoms with Gasteiger partial charge in [-0.25, -0.2) is 40.3 Å². The summed E-state index contributed by atoms with van der Waals surface area (Å²) in [5, 5.41) is 78.0. The molecule has 0 radical (unpaired) electrons. The van der Waals surface area contributed by atoms with Gasteiger partial charge < -0.3 is 40.7 Å². The Balaban J connectivity index is 0.000000192. The van der Waals surface area contributed by atoms with Gasteiger partial charge in [-0.1, -0.05) is 6.07 Å². The number of aromatic nitrogens is 8. The normalized spacial score (nSPS) is 10.8. The lowest BCUT2D eigenvalue weighted by Gasteiger charge is -2.19. The van der Waals surface area contributed by atoms with Gasteiger partial charge in [0.25, 0.3) is 5.69 Å². The third kappa shape index (κ3) is 19.3. The summed E-state index contributed by atoms with van der Waals surface area (Å²) in [6.45, 7) is 18.8. The number of nitrogens with zero attached hydrogens (tertiary/aromatic N) is 7. The highest BCUT2D eigenvalue weighted by molar-refractivity contribution is 5.89. The predicted octanol–water partition coefficient (Wildman–Crippen LogP) is 14.4. The Morgan fingerprint density at radius 3 is 1.34 bits per heavy atom. The molecule has 89 heavy (non-hydrogen) atoms. The number of nitrogen functional groups attached to an aromatic ring is 1. The van der Waals surface area contributed by atoms with Gasteiger partial charge in [0.1, 0.15) is 22.8 Å². The number of halogens is 7. The molecule has 0 aliphatic heterocycles. The van der Waals surface area contributed by atoms with E-state index in [9.17, 15) is 55.5 Å². The fraction of sp³-hybridized carbons (Fsp3) is 0.213. The Morgan fingerprint density at radius 1 is 0.483 bits per heavy atom. The number of anilines is 1. The molecule has 0 amide bonds. The Hall–Kier alpha value is -10.9. The SMILES string of the molecule is CC(C)(C)OC(=O)n1ncc2cc(O)c(F)cc21.Cc1cc(O)c(F)cc1N.Cc1cc(O)c(F)cc1[N+](=O)[O-].Cc1cc2cn[nH]c2cc1F.Cc1cc2cnn(C(=O)OC(C)(C)C)c2cc1F.Cc1ccc(F)c(O)c1.Oc1cc2cn[nH]c2cc1F. The number of carbonyl (C=O) groups excluding carboxylic acids is 2. The number of aromatic amines is 2. The molecule has 0 fully saturated rings. The lowest BCUT2D eigenvalue weighted by Crippen LogP contribution is -2.27. The highest BCUT2D eigenvalue weighted by Crippen LogP contribution is 2.28. The maximum Gasteiger partial charge on any atom is 0.435 e. The number of ether oxygens (including phenoxy) is 2. The van der Waals surface area contributed by atoms with Crippen molar-refractivity contribution in [1.82, 2.24) is 40.0 Å². The number of benzene rings is 7. The monoisotopic (exact) mass is 1240 g/mol. The lowest BCUT2D eigenvalue weighted by molar-refractivity contribution is -0.385. The number of phenolic OH excluding ortho intramolecular Hbond substituents is 5. The van der Waals surface area contributed by atoms with Crippen LogP contribution in [0.2, 0.25) is 0 Å². The van der Waals surface area contributed by atoms with Crippen LogP contribution in [0.3, 0.4) is 0 Å². The molecule has 21 nitrogen and oxygen atoms in total. The highest BCUT2D eigenvalue weighted by atomic mass is 19.2. The molecule has 470 valence electrons. The number of nitrogens with one attached hydrogen (secondary N) is 2. The van der Waals surface area contributed by atoms with E-state index in [-0.39, 0.29) is 45.7 Å². The molecule has 11 aromatic rings. The molecule has 9 N–H and O–H groups in total. The van der Waals surface area contributed by atoms with Crippen LogP contribution in [0.1, 0.15) is 69.4 Å². The van der Waals surface area contributed by atoms with E-state index in [2.05, 4.69) is 30.6 Å². The van der Waals surface area contributed by atoms with Crippen molar-refractivity contribution in [2.45, 2.75) is 87.4 Å². The summed E-state index contributed by atoms with van der Waals surface area (Å²) < 4.78 is 102. The van der Waals surface area contributed by atoms with Gasteiger partial charge in [-0.05, 0) is 153 Å². The lowest BCUT2D eigenvalue weighted by atomic mass is 10.2. The van der Waals surface area contributed by atoms with Crippen molar-refractivity contribution in [3.05, 3.63) is 194 Å². The minimum Gasteiger partial charge on any atom is -0.505 e. The van der Waals surface area contributed by atoms with Crippen LogP contribution in [-0.4, -0.2) is 93.8 Å². The number of carbonyl (C=O) groups is 2. The van der Waals surface area contributed by atoms with Crippen LogP contribution >= 0.6 is 0 Å². The molecular weight excluding hydrogens is 1180 g/mol. The van der Waals surface area contributed by atoms with Gasteiger partial charge >= 0.3 is 12.2 Å². The maximum absolute atomic E-state index is 13.5. The molecule has 0 saturated carbocycles. The van der Waals surface area contributed by atoms with E-state index < -0.39 is 68.9 Å². The number of H-pyrrole nitrogens is 2. The van der Waals surface area contributed by atoms with Crippen molar-refractivity contribution in [2.75, 3.05) is 5.73 Å². The first-order chi connectivity index (χ1) is 41.4. The van der Waals surface area contributed by atoms with E-state index in [0.717, 1.165) is 44.0 Å². The third-order valence-electron chi connectivity index (χ3n) is 11.7. The van der Waals surface area contributed by atoms with Gasteiger partial charge in [-0.15, -0.1) is 0 Å². The standard InChI is InChI=1S/C13H15FN2O2.C12H13FN2O3.C8H7FN2.C7H5FN2O.C7H6FNO3.C7H8FNO.C7H7FO/c1-8-5-9-7-15-16(11(9)6-10(8)14)12(17)18-13(2,3)4;1-12(2,3)18-11(17)15-9-5-8(13)10(16)4-7(9)6-14-15;1-5-2-6-4-10-11-8(6)3-7(5)9;8-5-2-6-4(1-7(5)11)3-9-10-6;1-4-2-7(10)5(8)3-6(4)9(11)12;1-4-2-7(10)5(8)3-6(4)9;1-5-2-3-6(8)7(9)4-5/h5-7H,1-4H3;4-6,16H,1-3H3;2-4H,1H3,(H,10,11);1-3,11H,(H,9,10);2-3,10H,1H3;2-3,10H,9H2,1H3;2-4,9H,1H3. The minimum atomic E-state index is -0.979. The van der Waals surface area contributed by atoms with Gasteiger partial charge in [0, 0.05) is 57.1 Å². The first-order valence-corrected chi connectivity index (χ1v) is 26.1. The van der Waals surface area contributed by atoms with E-state index in [0.29, 0.717) is 55.6 Å². The van der Waals surface area contributed by atoms with Gasteiger partial charge in [-0.3, -0.25) is 20.3 Å². The molecule has 0 saturated heterocycles. The van der Waals surface area contributed by atoms with Crippen LogP contribution in [-0.2, 0) is 9.47 Å². The molecule has 0 unspecified atom stereocenters. The number of nitrogens with two attached hydrogens (primary N) is 1. The number of fused-ring (bicyclic) bond motifs is 4. The first kappa shape index (κ1) is 68.8. The zero-order valence-electron chi connectivity index (χ0n) is 49.5. The van der Waals surface area contributed by atoms with Gasteiger partial charge in [0.15, 0.2) is 57.8 Å². The highest BCUT2D eigenvalue weighted by Gasteiger charge is 2.23. The molecule has 0 atom stereocenters. The molecule has 28 heteroatoms. The minimum absolute atomic E-state index is 0.193. The number of phenols is 5. The summed E-state index contributed by atoms with van der Waals surface area (Å²) in [6, 6.07) is 19.3. The Labute approximate surface area is 502 Å². The molecule has 11 rings (SSSR count). The molecule has 4 aromatic heterocycles. The second-order valence-electron chi connectivity index (χ2n) is 21.4. The van der Waals surface area contributed by atoms with Crippen molar-refractivity contribution < 1.29 is 80.3 Å². The van der Waals surface area contributed by atoms with Crippen molar-refractivity contribution in [2.24, 2.45) is 0 Å². The second-order valence-corrected chi connectivity index (χ2v) is 21.4. The summed E-state index contributed by atoms with van der Waals surface area (Å²) >= 11 is 0. The average molecular weight is 1240 g/mol. The fourth-order valence-electron chi connectivity index (χ4n) is 7.29. The molecular formula is C61H61F7N10O11. The van der Waals surface area contributed by atoms with Crippen LogP contribution in [0.5, 0.6) is 28.7 Å². The molecule has 0 spiro atoms. The quantitative estimate of drug-likeness (QED) is 0.0249. The van der Waals surface area contributed by atoms with E-state index in [4.69, 9.17) is 35.6 Å². The van der Waals surface area contributed by atoms with Crippen LogP contribution < -0.4 is 5.73 Å². The van der Waals surface area contributed by atoms with Gasteiger partial charge in [-0.2, -0.15) is 29.8 Å². The number of aromatic hydroxyl groups is 5. The Morgan fingerprint density at radius 2 is 0.865 bits per heavy atom. The molecule has 0 aliphatic rings. The van der Waals surface area contributed by atoms with Crippen LogP contribution in [0.15, 0.2) is 116 Å². The smallest absolute Gasteiger partial charge is 0.435 e. The summed E-state index contributed by atoms with van der Waals surface area (Å²) in [5.41, 5.74) is 9.02. The van der Waals surface area contributed by atoms with Crippen LogP contribution in [0.25, 0.3) is 43.6 Å². The molecule has 7 aromatic carbocycles. The maximum atomic E-state index is 13.5. The Kier molecular flexibility index (Phi) is 22.4. The summed E-state index contributed by atoms with van der Waals surface area (Å²) in [4.78, 5) is 33.3. The fourth-order valence-corrected chi connectivity index (χ4v) is 7.29. The summed E-state index contributed by atoms with van der Waals surface area (Å²) in [7, 11) is 0. The van der Waals surface area contributed by atoms with Crippen molar-refractivity contribution >= 4 is 67.2 Å². The third-order valence-corrected chi connectivity index (χ3v) is 11.7. The first-order valence-electron chi connectivity index (χ1n) is 26.1. The van der Waals surface area contributed by atoms with Crippen LogP contribution in [0, 0.1) is 85.5 Å². The second kappa shape index (κ2) is 29.0. The summed E-state index contributed by atoms with van der Waals surface area (Å²) in [5.74, 6) is -6.27. The number of nitro groups is 1. The number of nitro benzene ring substituents is 1. The topological polar surface area (TPSA) is 316 Å². The zero-order chi connectivity index (χ0) is 66.6. The predicted molar refractivity (Wildman–Crippen MR) is 317 cm³/mol. The zero-order valence-corrected chi connectivity index (χ0v) is 49.5. The van der Waals surface area contributed by atoms with E-state index in [1.54, 1.807) is 93.6 Å². The largest absolute Gasteiger partial charge is 0.505 e. The number of aryl methyl sites for hydroxylation is 5. The van der Waals surface area contributed by atoms with E-state index >= 15 is 0 Å². The van der Waals surface area contributed by atoms with Crippen molar-refractivity contribution in [3.8, 4) is 28.7 Å². The van der Waals surface area contributed by atoms with E-state index in [1.807, 2.05) is 0 Å². The number of hydrogen-bond acceptors (Lipinski definition) is 16. The van der Waals surface area contributed by atoms with Crippen LogP contribution in [0.4, 0.5) is 51.7 Å².